The van der Waals surface area contributed by atoms with Gasteiger partial charge in [0, 0.05) is 49.7 Å². The standard InChI is InChI=1S/C37H48FN5O7/c1-24-21-43(25(2)23-44)35(45)32-20-30(40-36(46)39-28-11-9-27(38)10-12-28)15-18-33(32)50-26(3)8-6-7-19-49-34(24)22-42(4)37(47)41-29-13-16-31(48-5)17-14-29/h9-18,20,24-26,34,44H,6-8,19,21-23H2,1-5H3,(H,41,47)(H2,39,40,46)/t24-,25-,26+,34-/m0/s1. The monoisotopic (exact) mass is 693 g/mol. The first kappa shape index (κ1) is 37.9. The van der Waals surface area contributed by atoms with Crippen LogP contribution < -0.4 is 25.4 Å². The number of carbonyl (C=O) groups is 3. The number of fused-ring (bicyclic) bond motifs is 1. The van der Waals surface area contributed by atoms with E-state index in [1.807, 2.05) is 13.8 Å². The molecular weight excluding hydrogens is 645 g/mol. The molecule has 0 saturated carbocycles. The quantitative estimate of drug-likeness (QED) is 0.213. The molecule has 0 bridgehead atoms. The number of nitrogens with zero attached hydrogens (tertiary/aromatic N) is 2. The van der Waals surface area contributed by atoms with Gasteiger partial charge in [0.25, 0.3) is 5.91 Å². The highest BCUT2D eigenvalue weighted by atomic mass is 19.1. The number of nitrogens with one attached hydrogen (secondary N) is 3. The lowest BCUT2D eigenvalue weighted by Crippen LogP contribution is -2.48. The molecule has 0 spiro atoms. The third-order valence-corrected chi connectivity index (χ3v) is 8.55. The fourth-order valence-corrected chi connectivity index (χ4v) is 5.54. The van der Waals surface area contributed by atoms with Gasteiger partial charge in [0.05, 0.1) is 37.5 Å². The van der Waals surface area contributed by atoms with E-state index >= 15 is 0 Å². The molecule has 4 atom stereocenters. The van der Waals surface area contributed by atoms with Crippen LogP contribution in [0.25, 0.3) is 0 Å². The van der Waals surface area contributed by atoms with E-state index in [4.69, 9.17) is 14.2 Å². The molecule has 0 aromatic heterocycles. The van der Waals surface area contributed by atoms with Gasteiger partial charge >= 0.3 is 12.1 Å². The Morgan fingerprint density at radius 2 is 1.64 bits per heavy atom. The smallest absolute Gasteiger partial charge is 0.323 e. The first-order valence-electron chi connectivity index (χ1n) is 16.8. The predicted molar refractivity (Wildman–Crippen MR) is 191 cm³/mol. The average molecular weight is 694 g/mol. The molecule has 3 aromatic carbocycles. The lowest BCUT2D eigenvalue weighted by atomic mass is 10.0. The summed E-state index contributed by atoms with van der Waals surface area (Å²) in [5.41, 5.74) is 1.57. The molecule has 270 valence electrons. The average Bonchev–Trinajstić information content (AvgIpc) is 3.10. The van der Waals surface area contributed by atoms with Gasteiger partial charge in [-0.25, -0.2) is 14.0 Å². The summed E-state index contributed by atoms with van der Waals surface area (Å²) in [5.74, 6) is -0.0404. The molecular formula is C37H48FN5O7. The van der Waals surface area contributed by atoms with E-state index in [1.54, 1.807) is 73.3 Å². The Morgan fingerprint density at radius 3 is 2.32 bits per heavy atom. The number of aliphatic hydroxyl groups excluding tert-OH is 1. The van der Waals surface area contributed by atoms with Crippen molar-refractivity contribution < 1.29 is 38.1 Å². The van der Waals surface area contributed by atoms with Crippen molar-refractivity contribution in [3.8, 4) is 11.5 Å². The van der Waals surface area contributed by atoms with Gasteiger partial charge in [0.15, 0.2) is 0 Å². The number of aliphatic hydroxyl groups is 1. The number of likely N-dealkylation sites (N-methyl/N-ethyl adjacent to an activating group) is 1. The van der Waals surface area contributed by atoms with Crippen LogP contribution in [0, 0.1) is 11.7 Å². The molecule has 5 amide bonds. The summed E-state index contributed by atoms with van der Waals surface area (Å²) in [6, 6.07) is 15.8. The van der Waals surface area contributed by atoms with Crippen LogP contribution in [-0.2, 0) is 4.74 Å². The molecule has 3 aromatic rings. The third-order valence-electron chi connectivity index (χ3n) is 8.55. The molecule has 50 heavy (non-hydrogen) atoms. The molecule has 0 fully saturated rings. The SMILES string of the molecule is COc1ccc(NC(=O)N(C)C[C@@H]2OCCCC[C@@H](C)Oc3ccc(NC(=O)Nc4ccc(F)cc4)cc3C(=O)N([C@@H](C)CO)C[C@@H]2C)cc1. The van der Waals surface area contributed by atoms with Gasteiger partial charge in [-0.15, -0.1) is 0 Å². The van der Waals surface area contributed by atoms with E-state index < -0.39 is 29.9 Å². The summed E-state index contributed by atoms with van der Waals surface area (Å²) < 4.78 is 31.1. The molecule has 13 heteroatoms. The predicted octanol–water partition coefficient (Wildman–Crippen LogP) is 6.44. The molecule has 4 rings (SSSR count). The summed E-state index contributed by atoms with van der Waals surface area (Å²) in [4.78, 5) is 43.4. The number of hydrogen-bond donors (Lipinski definition) is 4. The first-order valence-corrected chi connectivity index (χ1v) is 16.8. The first-order chi connectivity index (χ1) is 24.0. The number of carbonyl (C=O) groups excluding carboxylic acids is 3. The number of urea groups is 2. The summed E-state index contributed by atoms with van der Waals surface area (Å²) in [6.07, 6.45) is 1.64. The molecule has 0 saturated heterocycles. The molecule has 1 aliphatic rings. The lowest BCUT2D eigenvalue weighted by molar-refractivity contribution is -0.0115. The number of anilines is 3. The van der Waals surface area contributed by atoms with Crippen LogP contribution in [0.4, 0.5) is 31.0 Å². The number of amides is 5. The zero-order valence-electron chi connectivity index (χ0n) is 29.3. The van der Waals surface area contributed by atoms with Crippen LogP contribution in [0.1, 0.15) is 50.4 Å². The Morgan fingerprint density at radius 1 is 1.00 bits per heavy atom. The Labute approximate surface area is 292 Å². The number of rotatable bonds is 8. The van der Waals surface area contributed by atoms with Crippen molar-refractivity contribution in [3.63, 3.8) is 0 Å². The second kappa shape index (κ2) is 18.2. The van der Waals surface area contributed by atoms with Crippen LogP contribution >= 0.6 is 0 Å². The maximum atomic E-state index is 14.4. The second-order valence-electron chi connectivity index (χ2n) is 12.6. The minimum atomic E-state index is -0.575. The lowest BCUT2D eigenvalue weighted by Gasteiger charge is -2.35. The molecule has 4 N–H and O–H groups in total. The van der Waals surface area contributed by atoms with Gasteiger partial charge < -0.3 is 45.1 Å². The van der Waals surface area contributed by atoms with Gasteiger partial charge in [-0.3, -0.25) is 4.79 Å². The van der Waals surface area contributed by atoms with E-state index in [9.17, 15) is 23.9 Å². The number of benzene rings is 3. The highest BCUT2D eigenvalue weighted by molar-refractivity contribution is 6.02. The van der Waals surface area contributed by atoms with Crippen molar-refractivity contribution in [2.75, 3.05) is 56.4 Å². The number of hydrogen-bond acceptors (Lipinski definition) is 7. The van der Waals surface area contributed by atoms with Gasteiger partial charge in [-0.05, 0) is 99.8 Å². The third kappa shape index (κ3) is 10.8. The van der Waals surface area contributed by atoms with Gasteiger partial charge in [-0.1, -0.05) is 6.92 Å². The molecule has 12 nitrogen and oxygen atoms in total. The van der Waals surface area contributed by atoms with Crippen molar-refractivity contribution in [1.29, 1.82) is 0 Å². The van der Waals surface area contributed by atoms with Gasteiger partial charge in [0.2, 0.25) is 0 Å². The van der Waals surface area contributed by atoms with Crippen molar-refractivity contribution in [3.05, 3.63) is 78.1 Å². The van der Waals surface area contributed by atoms with Crippen molar-refractivity contribution in [2.24, 2.45) is 5.92 Å². The van der Waals surface area contributed by atoms with Crippen molar-refractivity contribution >= 4 is 35.0 Å². The van der Waals surface area contributed by atoms with Crippen LogP contribution in [0.2, 0.25) is 0 Å². The van der Waals surface area contributed by atoms with E-state index in [2.05, 4.69) is 16.0 Å². The van der Waals surface area contributed by atoms with Gasteiger partial charge in [0.1, 0.15) is 17.3 Å². The highest BCUT2D eigenvalue weighted by Crippen LogP contribution is 2.29. The molecule has 1 aliphatic heterocycles. The van der Waals surface area contributed by atoms with E-state index in [0.717, 1.165) is 12.8 Å². The molecule has 0 radical (unpaired) electrons. The zero-order chi connectivity index (χ0) is 36.2. The Balaban J connectivity index is 1.56. The fourth-order valence-electron chi connectivity index (χ4n) is 5.54. The van der Waals surface area contributed by atoms with E-state index in [-0.39, 0.29) is 43.3 Å². The summed E-state index contributed by atoms with van der Waals surface area (Å²) >= 11 is 0. The van der Waals surface area contributed by atoms with E-state index in [1.165, 1.54) is 24.3 Å². The largest absolute Gasteiger partial charge is 0.497 e. The minimum absolute atomic E-state index is 0.205. The Kier molecular flexibility index (Phi) is 13.8. The van der Waals surface area contributed by atoms with E-state index in [0.29, 0.717) is 41.6 Å². The molecule has 1 heterocycles. The summed E-state index contributed by atoms with van der Waals surface area (Å²) in [5, 5.41) is 18.5. The van der Waals surface area contributed by atoms with Crippen LogP contribution in [0.5, 0.6) is 11.5 Å². The Bertz CT molecular complexity index is 1570. The van der Waals surface area contributed by atoms with Crippen LogP contribution in [-0.4, -0.2) is 91.6 Å². The van der Waals surface area contributed by atoms with Crippen LogP contribution in [0.15, 0.2) is 66.7 Å². The zero-order valence-corrected chi connectivity index (χ0v) is 29.3. The highest BCUT2D eigenvalue weighted by Gasteiger charge is 2.31. The number of ether oxygens (including phenoxy) is 3. The Hall–Kier alpha value is -4.88. The topological polar surface area (TPSA) is 142 Å². The molecule has 0 aliphatic carbocycles. The fraction of sp³-hybridized carbons (Fsp3) is 0.432. The maximum absolute atomic E-state index is 14.4. The summed E-state index contributed by atoms with van der Waals surface area (Å²) in [6.45, 7) is 6.26. The van der Waals surface area contributed by atoms with Crippen LogP contribution in [0.3, 0.4) is 0 Å². The van der Waals surface area contributed by atoms with Gasteiger partial charge in [-0.2, -0.15) is 0 Å². The number of halogens is 1. The summed E-state index contributed by atoms with van der Waals surface area (Å²) in [7, 11) is 3.27. The normalized spacial score (nSPS) is 19.2. The molecule has 0 unspecified atom stereocenters. The second-order valence-corrected chi connectivity index (χ2v) is 12.6. The maximum Gasteiger partial charge on any atom is 0.323 e. The van der Waals surface area contributed by atoms with Crippen molar-refractivity contribution in [2.45, 2.75) is 58.3 Å². The van der Waals surface area contributed by atoms with Crippen molar-refractivity contribution in [1.82, 2.24) is 9.80 Å². The minimum Gasteiger partial charge on any atom is -0.497 e. The number of methoxy groups -OCH3 is 1.